The van der Waals surface area contributed by atoms with Gasteiger partial charge in [-0.25, -0.2) is 4.39 Å². The van der Waals surface area contributed by atoms with E-state index in [9.17, 15) is 4.39 Å². The minimum Gasteiger partial charge on any atom is -0.330 e. The largest absolute Gasteiger partial charge is 0.330 e. The second-order valence-electron chi connectivity index (χ2n) is 4.25. The van der Waals surface area contributed by atoms with Crippen LogP contribution in [-0.2, 0) is 6.42 Å². The summed E-state index contributed by atoms with van der Waals surface area (Å²) in [4.78, 5) is 0. The van der Waals surface area contributed by atoms with E-state index in [2.05, 4.69) is 0 Å². The number of benzene rings is 1. The van der Waals surface area contributed by atoms with Crippen LogP contribution in [-0.4, -0.2) is 6.54 Å². The van der Waals surface area contributed by atoms with Gasteiger partial charge in [0.1, 0.15) is 5.82 Å². The lowest BCUT2D eigenvalue weighted by atomic mass is 9.71. The van der Waals surface area contributed by atoms with Crippen LogP contribution in [0.3, 0.4) is 0 Å². The Morgan fingerprint density at radius 3 is 2.67 bits per heavy atom. The fraction of sp³-hybridized carbons (Fsp3) is 0.500. The van der Waals surface area contributed by atoms with Gasteiger partial charge in [0, 0.05) is 0 Å². The minimum absolute atomic E-state index is 0.278. The fourth-order valence-electron chi connectivity index (χ4n) is 2.21. The summed E-state index contributed by atoms with van der Waals surface area (Å²) in [6, 6.07) is 5.01. The first-order chi connectivity index (χ1) is 7.22. The molecule has 2 N–H and O–H groups in total. The van der Waals surface area contributed by atoms with E-state index in [1.807, 2.05) is 6.07 Å². The summed E-state index contributed by atoms with van der Waals surface area (Å²) in [6.07, 6.45) is 3.25. The van der Waals surface area contributed by atoms with Crippen molar-refractivity contribution in [1.29, 1.82) is 0 Å². The van der Waals surface area contributed by atoms with E-state index < -0.39 is 0 Å². The Balaban J connectivity index is 2.08. The van der Waals surface area contributed by atoms with Crippen molar-refractivity contribution >= 4 is 11.6 Å². The molecule has 1 aliphatic carbocycles. The monoisotopic (exact) mass is 227 g/mol. The van der Waals surface area contributed by atoms with E-state index in [4.69, 9.17) is 17.3 Å². The van der Waals surface area contributed by atoms with Crippen LogP contribution < -0.4 is 5.73 Å². The Morgan fingerprint density at radius 2 is 2.07 bits per heavy atom. The van der Waals surface area contributed by atoms with Gasteiger partial charge < -0.3 is 5.73 Å². The average molecular weight is 228 g/mol. The van der Waals surface area contributed by atoms with Gasteiger partial charge in [-0.15, -0.1) is 0 Å². The third-order valence-corrected chi connectivity index (χ3v) is 3.81. The zero-order chi connectivity index (χ0) is 10.8. The molecule has 1 fully saturated rings. The third-order valence-electron chi connectivity index (χ3n) is 3.39. The van der Waals surface area contributed by atoms with Gasteiger partial charge in [0.15, 0.2) is 0 Å². The van der Waals surface area contributed by atoms with Gasteiger partial charge in [0.05, 0.1) is 5.02 Å². The maximum Gasteiger partial charge on any atom is 0.142 e. The van der Waals surface area contributed by atoms with Gasteiger partial charge in [-0.1, -0.05) is 23.7 Å². The van der Waals surface area contributed by atoms with Gasteiger partial charge in [-0.05, 0) is 49.3 Å². The highest BCUT2D eigenvalue weighted by atomic mass is 35.5. The number of hydrogen-bond donors (Lipinski definition) is 1. The summed E-state index contributed by atoms with van der Waals surface area (Å²) < 4.78 is 13.2. The predicted molar refractivity (Wildman–Crippen MR) is 60.4 cm³/mol. The molecular formula is C12H15ClFN. The Morgan fingerprint density at radius 1 is 1.33 bits per heavy atom. The number of nitrogens with two attached hydrogens (primary N) is 1. The van der Waals surface area contributed by atoms with Crippen molar-refractivity contribution in [3.05, 3.63) is 34.6 Å². The van der Waals surface area contributed by atoms with E-state index >= 15 is 0 Å². The molecule has 0 saturated heterocycles. The van der Waals surface area contributed by atoms with Crippen molar-refractivity contribution in [2.24, 2.45) is 17.6 Å². The lowest BCUT2D eigenvalue weighted by Gasteiger charge is -2.36. The average Bonchev–Trinajstić information content (AvgIpc) is 2.19. The summed E-state index contributed by atoms with van der Waals surface area (Å²) in [5.74, 6) is 0.872. The number of rotatable bonds is 3. The van der Waals surface area contributed by atoms with E-state index in [0.29, 0.717) is 11.8 Å². The van der Waals surface area contributed by atoms with Crippen LogP contribution in [0.2, 0.25) is 5.02 Å². The van der Waals surface area contributed by atoms with Crippen molar-refractivity contribution in [2.45, 2.75) is 19.3 Å². The summed E-state index contributed by atoms with van der Waals surface area (Å²) in [7, 11) is 0. The van der Waals surface area contributed by atoms with Crippen LogP contribution in [0.4, 0.5) is 4.39 Å². The van der Waals surface area contributed by atoms with Crippen molar-refractivity contribution in [3.8, 4) is 0 Å². The Labute approximate surface area is 94.4 Å². The van der Waals surface area contributed by atoms with Crippen LogP contribution >= 0.6 is 11.6 Å². The van der Waals surface area contributed by atoms with Crippen LogP contribution in [0.15, 0.2) is 18.2 Å². The predicted octanol–water partition coefficient (Wildman–Crippen LogP) is 3.01. The Bertz CT molecular complexity index is 351. The SMILES string of the molecule is NCC1CCC1Cc1cccc(F)c1Cl. The molecule has 0 amide bonds. The number of hydrogen-bond acceptors (Lipinski definition) is 1. The molecule has 0 bridgehead atoms. The fourth-order valence-corrected chi connectivity index (χ4v) is 2.41. The first-order valence-corrected chi connectivity index (χ1v) is 5.73. The highest BCUT2D eigenvalue weighted by molar-refractivity contribution is 6.31. The molecule has 1 aliphatic rings. The van der Waals surface area contributed by atoms with Crippen LogP contribution in [0.25, 0.3) is 0 Å². The van der Waals surface area contributed by atoms with E-state index in [1.165, 1.54) is 18.9 Å². The van der Waals surface area contributed by atoms with Gasteiger partial charge >= 0.3 is 0 Å². The van der Waals surface area contributed by atoms with Crippen molar-refractivity contribution in [1.82, 2.24) is 0 Å². The molecule has 0 radical (unpaired) electrons. The standard InChI is InChI=1S/C12H15ClFN/c13-12-9(2-1-3-11(12)14)6-8-4-5-10(8)7-15/h1-3,8,10H,4-7,15H2. The molecule has 15 heavy (non-hydrogen) atoms. The van der Waals surface area contributed by atoms with E-state index in [0.717, 1.165) is 18.5 Å². The molecule has 1 saturated carbocycles. The van der Waals surface area contributed by atoms with Crippen molar-refractivity contribution < 1.29 is 4.39 Å². The van der Waals surface area contributed by atoms with E-state index in [-0.39, 0.29) is 10.8 Å². The zero-order valence-corrected chi connectivity index (χ0v) is 9.30. The highest BCUT2D eigenvalue weighted by Gasteiger charge is 2.30. The third kappa shape index (κ3) is 2.16. The molecule has 82 valence electrons. The molecule has 2 unspecified atom stereocenters. The van der Waals surface area contributed by atoms with Crippen LogP contribution in [0.5, 0.6) is 0 Å². The second-order valence-corrected chi connectivity index (χ2v) is 4.63. The summed E-state index contributed by atoms with van der Waals surface area (Å²) in [5, 5.41) is 0.278. The summed E-state index contributed by atoms with van der Waals surface area (Å²) >= 11 is 5.90. The Hall–Kier alpha value is -0.600. The normalized spacial score (nSPS) is 25.0. The van der Waals surface area contributed by atoms with Gasteiger partial charge in [0.25, 0.3) is 0 Å². The number of halogens is 2. The molecule has 0 spiro atoms. The first kappa shape index (κ1) is 10.9. The lowest BCUT2D eigenvalue weighted by Crippen LogP contribution is -2.33. The smallest absolute Gasteiger partial charge is 0.142 e. The molecule has 0 heterocycles. The molecule has 2 atom stereocenters. The second kappa shape index (κ2) is 4.50. The van der Waals surface area contributed by atoms with Crippen LogP contribution in [0, 0.1) is 17.7 Å². The molecule has 1 aromatic carbocycles. The van der Waals surface area contributed by atoms with Crippen molar-refractivity contribution in [3.63, 3.8) is 0 Å². The van der Waals surface area contributed by atoms with E-state index in [1.54, 1.807) is 6.07 Å². The van der Waals surface area contributed by atoms with Gasteiger partial charge in [-0.2, -0.15) is 0 Å². The highest BCUT2D eigenvalue weighted by Crippen LogP contribution is 2.37. The summed E-state index contributed by atoms with van der Waals surface area (Å²) in [5.41, 5.74) is 6.56. The Kier molecular flexibility index (Phi) is 3.27. The molecule has 1 aromatic rings. The maximum absolute atomic E-state index is 13.2. The lowest BCUT2D eigenvalue weighted by molar-refractivity contribution is 0.183. The molecule has 2 rings (SSSR count). The van der Waals surface area contributed by atoms with Crippen LogP contribution in [0.1, 0.15) is 18.4 Å². The topological polar surface area (TPSA) is 26.0 Å². The first-order valence-electron chi connectivity index (χ1n) is 5.35. The molecule has 0 aliphatic heterocycles. The van der Waals surface area contributed by atoms with Gasteiger partial charge in [0.2, 0.25) is 0 Å². The molecule has 3 heteroatoms. The van der Waals surface area contributed by atoms with Crippen molar-refractivity contribution in [2.75, 3.05) is 6.54 Å². The summed E-state index contributed by atoms with van der Waals surface area (Å²) in [6.45, 7) is 0.734. The quantitative estimate of drug-likeness (QED) is 0.844. The van der Waals surface area contributed by atoms with Gasteiger partial charge in [-0.3, -0.25) is 0 Å². The molecule has 1 nitrogen and oxygen atoms in total. The molecular weight excluding hydrogens is 213 g/mol. The maximum atomic E-state index is 13.2. The minimum atomic E-state index is -0.321. The zero-order valence-electron chi connectivity index (χ0n) is 8.55. The molecule has 0 aromatic heterocycles.